The Kier molecular flexibility index (Phi) is 6.29. The molecule has 3 nitrogen and oxygen atoms in total. The normalized spacial score (nSPS) is 10.3. The van der Waals surface area contributed by atoms with Gasteiger partial charge in [-0.1, -0.05) is 54.1 Å². The maximum absolute atomic E-state index is 12.0. The minimum absolute atomic E-state index is 0.275. The molecule has 0 aliphatic carbocycles. The molecule has 0 amide bonds. The van der Waals surface area contributed by atoms with Crippen molar-refractivity contribution in [2.24, 2.45) is 0 Å². The number of rotatable bonds is 7. The number of carbonyl (C=O) groups excluding carboxylic acids is 1. The molecule has 3 aromatic rings. The van der Waals surface area contributed by atoms with Crippen molar-refractivity contribution in [1.29, 1.82) is 0 Å². The number of esters is 1. The van der Waals surface area contributed by atoms with Gasteiger partial charge in [0.1, 0.15) is 18.1 Å². The van der Waals surface area contributed by atoms with Crippen molar-refractivity contribution >= 4 is 17.6 Å². The van der Waals surface area contributed by atoms with E-state index < -0.39 is 0 Å². The Bertz CT molecular complexity index is 845. The van der Waals surface area contributed by atoms with Crippen LogP contribution in [-0.4, -0.2) is 5.97 Å². The van der Waals surface area contributed by atoms with Gasteiger partial charge in [-0.3, -0.25) is 4.79 Å². The molecule has 0 heterocycles. The Labute approximate surface area is 158 Å². The number of benzene rings is 3. The van der Waals surface area contributed by atoms with E-state index in [9.17, 15) is 4.79 Å². The third kappa shape index (κ3) is 5.64. The van der Waals surface area contributed by atoms with Gasteiger partial charge in [0.05, 0.1) is 0 Å². The lowest BCUT2D eigenvalue weighted by Gasteiger charge is -2.08. The second kappa shape index (κ2) is 9.07. The Morgan fingerprint density at radius 2 is 1.50 bits per heavy atom. The molecule has 0 spiro atoms. The fourth-order valence-corrected chi connectivity index (χ4v) is 2.68. The molecule has 0 aliphatic heterocycles. The third-order valence-corrected chi connectivity index (χ3v) is 4.05. The molecule has 0 saturated heterocycles. The van der Waals surface area contributed by atoms with Crippen LogP contribution in [0.2, 0.25) is 5.02 Å². The summed E-state index contributed by atoms with van der Waals surface area (Å²) >= 11 is 5.94. The van der Waals surface area contributed by atoms with Gasteiger partial charge < -0.3 is 9.47 Å². The van der Waals surface area contributed by atoms with Crippen molar-refractivity contribution < 1.29 is 14.3 Å². The van der Waals surface area contributed by atoms with Crippen LogP contribution >= 0.6 is 11.6 Å². The van der Waals surface area contributed by atoms with Gasteiger partial charge in [-0.2, -0.15) is 0 Å². The zero-order valence-corrected chi connectivity index (χ0v) is 15.0. The molecular weight excluding hydrogens is 348 g/mol. The highest BCUT2D eigenvalue weighted by molar-refractivity contribution is 6.30. The van der Waals surface area contributed by atoms with Crippen molar-refractivity contribution in [2.75, 3.05) is 0 Å². The summed E-state index contributed by atoms with van der Waals surface area (Å²) in [6.07, 6.45) is 0.893. The van der Waals surface area contributed by atoms with Crippen LogP contribution in [0, 0.1) is 0 Å². The number of halogens is 1. The number of carbonyl (C=O) groups is 1. The molecular formula is C22H19ClO3. The summed E-state index contributed by atoms with van der Waals surface area (Å²) in [6.45, 7) is 0.500. The number of hydrogen-bond donors (Lipinski definition) is 0. The molecule has 0 saturated carbocycles. The highest BCUT2D eigenvalue weighted by Gasteiger charge is 2.06. The first-order valence-corrected chi connectivity index (χ1v) is 8.79. The van der Waals surface area contributed by atoms with Crippen LogP contribution in [-0.2, 0) is 17.8 Å². The van der Waals surface area contributed by atoms with E-state index in [0.29, 0.717) is 30.2 Å². The van der Waals surface area contributed by atoms with Crippen molar-refractivity contribution in [1.82, 2.24) is 0 Å². The zero-order chi connectivity index (χ0) is 18.2. The van der Waals surface area contributed by atoms with E-state index in [1.807, 2.05) is 54.6 Å². The second-order valence-electron chi connectivity index (χ2n) is 5.85. The molecule has 0 N–H and O–H groups in total. The number of ether oxygens (including phenoxy) is 2. The van der Waals surface area contributed by atoms with Crippen molar-refractivity contribution in [3.05, 3.63) is 95.0 Å². The van der Waals surface area contributed by atoms with Crippen molar-refractivity contribution in [2.45, 2.75) is 19.4 Å². The average Bonchev–Trinajstić information content (AvgIpc) is 2.67. The Balaban J connectivity index is 1.46. The van der Waals surface area contributed by atoms with E-state index >= 15 is 0 Å². The highest BCUT2D eigenvalue weighted by Crippen LogP contribution is 2.19. The molecule has 26 heavy (non-hydrogen) atoms. The topological polar surface area (TPSA) is 35.5 Å². The van der Waals surface area contributed by atoms with E-state index in [1.54, 1.807) is 24.3 Å². The molecule has 0 fully saturated rings. The minimum Gasteiger partial charge on any atom is -0.489 e. The summed E-state index contributed by atoms with van der Waals surface area (Å²) in [5.74, 6) is 0.962. The first kappa shape index (κ1) is 18.0. The van der Waals surface area contributed by atoms with Crippen molar-refractivity contribution in [3.63, 3.8) is 0 Å². The molecule has 4 heteroatoms. The summed E-state index contributed by atoms with van der Waals surface area (Å²) < 4.78 is 11.1. The largest absolute Gasteiger partial charge is 0.489 e. The highest BCUT2D eigenvalue weighted by atomic mass is 35.5. The lowest BCUT2D eigenvalue weighted by molar-refractivity contribution is -0.134. The molecule has 0 unspecified atom stereocenters. The predicted molar refractivity (Wildman–Crippen MR) is 103 cm³/mol. The van der Waals surface area contributed by atoms with Gasteiger partial charge >= 0.3 is 5.97 Å². The van der Waals surface area contributed by atoms with Gasteiger partial charge in [0.25, 0.3) is 0 Å². The van der Waals surface area contributed by atoms with Gasteiger partial charge in [0.2, 0.25) is 0 Å². The van der Waals surface area contributed by atoms with Crippen molar-refractivity contribution in [3.8, 4) is 11.5 Å². The first-order valence-electron chi connectivity index (χ1n) is 8.41. The van der Waals surface area contributed by atoms with Crippen LogP contribution in [0.5, 0.6) is 11.5 Å². The van der Waals surface area contributed by atoms with Crippen LogP contribution < -0.4 is 9.47 Å². The molecule has 3 aromatic carbocycles. The van der Waals surface area contributed by atoms with Gasteiger partial charge in [-0.15, -0.1) is 0 Å². The standard InChI is InChI=1S/C22H19ClO3/c23-19-8-4-7-17(15-19)9-14-22(24)26-21-12-10-20(11-13-21)25-16-18-5-2-1-3-6-18/h1-8,10-13,15H,9,14,16H2. The Morgan fingerprint density at radius 3 is 2.23 bits per heavy atom. The summed E-state index contributed by atoms with van der Waals surface area (Å²) in [5, 5.41) is 0.668. The second-order valence-corrected chi connectivity index (χ2v) is 6.29. The molecule has 0 radical (unpaired) electrons. The average molecular weight is 367 g/mol. The summed E-state index contributed by atoms with van der Waals surface area (Å²) in [7, 11) is 0. The monoisotopic (exact) mass is 366 g/mol. The maximum Gasteiger partial charge on any atom is 0.311 e. The molecule has 3 rings (SSSR count). The first-order chi connectivity index (χ1) is 12.7. The number of hydrogen-bond acceptors (Lipinski definition) is 3. The van der Waals surface area contributed by atoms with E-state index in [2.05, 4.69) is 0 Å². The fraction of sp³-hybridized carbons (Fsp3) is 0.136. The Hall–Kier alpha value is -2.78. The van der Waals surface area contributed by atoms with Crippen LogP contribution in [0.1, 0.15) is 17.5 Å². The maximum atomic E-state index is 12.0. The minimum atomic E-state index is -0.275. The predicted octanol–water partition coefficient (Wildman–Crippen LogP) is 5.46. The van der Waals surface area contributed by atoms with E-state index in [-0.39, 0.29) is 5.97 Å². The molecule has 132 valence electrons. The van der Waals surface area contributed by atoms with Gasteiger partial charge in [0, 0.05) is 11.4 Å². The molecule has 0 atom stereocenters. The SMILES string of the molecule is O=C(CCc1cccc(Cl)c1)Oc1ccc(OCc2ccccc2)cc1. The third-order valence-electron chi connectivity index (χ3n) is 3.81. The summed E-state index contributed by atoms with van der Waals surface area (Å²) in [4.78, 5) is 12.0. The fourth-order valence-electron chi connectivity index (χ4n) is 2.47. The quantitative estimate of drug-likeness (QED) is 0.411. The van der Waals surface area contributed by atoms with Crippen LogP contribution in [0.3, 0.4) is 0 Å². The van der Waals surface area contributed by atoms with Gasteiger partial charge in [-0.25, -0.2) is 0 Å². The Morgan fingerprint density at radius 1 is 0.808 bits per heavy atom. The smallest absolute Gasteiger partial charge is 0.311 e. The van der Waals surface area contributed by atoms with E-state index in [0.717, 1.165) is 16.9 Å². The van der Waals surface area contributed by atoms with Crippen LogP contribution in [0.25, 0.3) is 0 Å². The lowest BCUT2D eigenvalue weighted by atomic mass is 10.1. The van der Waals surface area contributed by atoms with Crippen LogP contribution in [0.15, 0.2) is 78.9 Å². The van der Waals surface area contributed by atoms with Gasteiger partial charge in [0.15, 0.2) is 0 Å². The number of aryl methyl sites for hydroxylation is 1. The zero-order valence-electron chi connectivity index (χ0n) is 14.2. The van der Waals surface area contributed by atoms with E-state index in [1.165, 1.54) is 0 Å². The molecule has 0 aromatic heterocycles. The van der Waals surface area contributed by atoms with E-state index in [4.69, 9.17) is 21.1 Å². The summed E-state index contributed by atoms with van der Waals surface area (Å²) in [6, 6.07) is 24.5. The molecule has 0 bridgehead atoms. The van der Waals surface area contributed by atoms with Crippen LogP contribution in [0.4, 0.5) is 0 Å². The molecule has 0 aliphatic rings. The van der Waals surface area contributed by atoms with Gasteiger partial charge in [-0.05, 0) is 53.9 Å². The lowest BCUT2D eigenvalue weighted by Crippen LogP contribution is -2.09. The summed E-state index contributed by atoms with van der Waals surface area (Å²) in [5.41, 5.74) is 2.11.